The van der Waals surface area contributed by atoms with Gasteiger partial charge in [-0.3, -0.25) is 9.78 Å². The fourth-order valence-electron chi connectivity index (χ4n) is 3.79. The Labute approximate surface area is 163 Å². The summed E-state index contributed by atoms with van der Waals surface area (Å²) in [5.41, 5.74) is 2.47. The van der Waals surface area contributed by atoms with Crippen LogP contribution >= 0.6 is 11.8 Å². The van der Waals surface area contributed by atoms with Gasteiger partial charge in [0, 0.05) is 36.4 Å². The predicted octanol–water partition coefficient (Wildman–Crippen LogP) is 3.54. The molecule has 1 amide bonds. The molecule has 4 rings (SSSR count). The lowest BCUT2D eigenvalue weighted by Gasteiger charge is -2.38. The number of hydrogen-bond donors (Lipinski definition) is 1. The van der Waals surface area contributed by atoms with E-state index in [1.165, 1.54) is 0 Å². The van der Waals surface area contributed by atoms with Crippen molar-refractivity contribution in [1.29, 1.82) is 0 Å². The van der Waals surface area contributed by atoms with E-state index in [1.54, 1.807) is 19.5 Å². The molecule has 27 heavy (non-hydrogen) atoms. The van der Waals surface area contributed by atoms with Gasteiger partial charge in [0.15, 0.2) is 0 Å². The quantitative estimate of drug-likeness (QED) is 0.874. The second kappa shape index (κ2) is 7.90. The van der Waals surface area contributed by atoms with E-state index in [9.17, 15) is 4.79 Å². The Morgan fingerprint density at radius 1 is 1.30 bits per heavy atom. The van der Waals surface area contributed by atoms with Crippen LogP contribution in [-0.4, -0.2) is 47.8 Å². The molecule has 2 saturated heterocycles. The first-order valence-electron chi connectivity index (χ1n) is 9.29. The zero-order valence-electron chi connectivity index (χ0n) is 15.4. The topological polar surface area (TPSA) is 60.5 Å². The summed E-state index contributed by atoms with van der Waals surface area (Å²) in [5, 5.41) is 3.20. The Morgan fingerprint density at radius 2 is 2.15 bits per heavy atom. The van der Waals surface area contributed by atoms with Gasteiger partial charge in [0.2, 0.25) is 0 Å². The maximum Gasteiger partial charge on any atom is 0.253 e. The third-order valence-corrected chi connectivity index (χ3v) is 6.54. The summed E-state index contributed by atoms with van der Waals surface area (Å²) in [6.45, 7) is 0.718. The van der Waals surface area contributed by atoms with Gasteiger partial charge in [-0.1, -0.05) is 12.1 Å². The number of rotatable bonds is 4. The molecule has 0 saturated carbocycles. The monoisotopic (exact) mass is 384 g/mol. The van der Waals surface area contributed by atoms with Gasteiger partial charge in [-0.25, -0.2) is 0 Å². The van der Waals surface area contributed by atoms with Gasteiger partial charge < -0.3 is 14.8 Å². The zero-order chi connectivity index (χ0) is 18.7. The van der Waals surface area contributed by atoms with E-state index in [-0.39, 0.29) is 17.6 Å². The van der Waals surface area contributed by atoms with Crippen LogP contribution in [0.5, 0.6) is 5.75 Å². The van der Waals surface area contributed by atoms with Gasteiger partial charge in [-0.2, -0.15) is 11.8 Å². The van der Waals surface area contributed by atoms with Crippen molar-refractivity contribution >= 4 is 17.7 Å². The van der Waals surface area contributed by atoms with Crippen LogP contribution in [-0.2, 0) is 4.74 Å². The van der Waals surface area contributed by atoms with Crippen molar-refractivity contribution in [2.24, 2.45) is 0 Å². The molecule has 2 atom stereocenters. The van der Waals surface area contributed by atoms with Crippen molar-refractivity contribution in [2.75, 3.05) is 25.2 Å². The highest BCUT2D eigenvalue weighted by molar-refractivity contribution is 7.99. The van der Waals surface area contributed by atoms with Gasteiger partial charge >= 0.3 is 0 Å². The Balaban J connectivity index is 1.45. The summed E-state index contributed by atoms with van der Waals surface area (Å²) >= 11 is 1.94. The van der Waals surface area contributed by atoms with Crippen LogP contribution in [0.25, 0.3) is 11.1 Å². The highest BCUT2D eigenvalue weighted by Crippen LogP contribution is 2.38. The Kier molecular flexibility index (Phi) is 5.36. The summed E-state index contributed by atoms with van der Waals surface area (Å²) < 4.78 is 11.2. The Hall–Kier alpha value is -2.05. The number of methoxy groups -OCH3 is 1. The molecule has 1 aromatic carbocycles. The highest BCUT2D eigenvalue weighted by atomic mass is 32.2. The van der Waals surface area contributed by atoms with Crippen molar-refractivity contribution in [2.45, 2.75) is 30.9 Å². The van der Waals surface area contributed by atoms with Crippen LogP contribution in [0.15, 0.2) is 42.7 Å². The first-order valence-corrected chi connectivity index (χ1v) is 10.4. The predicted molar refractivity (Wildman–Crippen MR) is 107 cm³/mol. The zero-order valence-corrected chi connectivity index (χ0v) is 16.3. The van der Waals surface area contributed by atoms with Gasteiger partial charge in [-0.05, 0) is 48.8 Å². The van der Waals surface area contributed by atoms with Crippen LogP contribution in [0.1, 0.15) is 29.6 Å². The van der Waals surface area contributed by atoms with Crippen molar-refractivity contribution < 1.29 is 14.3 Å². The molecule has 0 radical (unpaired) electrons. The summed E-state index contributed by atoms with van der Waals surface area (Å²) in [6.07, 6.45) is 6.25. The van der Waals surface area contributed by atoms with Crippen LogP contribution in [0, 0.1) is 0 Å². The number of pyridine rings is 1. The molecule has 2 aliphatic heterocycles. The number of ether oxygens (including phenoxy) is 2. The average Bonchev–Trinajstić information content (AvgIpc) is 3.15. The lowest BCUT2D eigenvalue weighted by Crippen LogP contribution is -2.48. The minimum Gasteiger partial charge on any atom is -0.497 e. The second-order valence-electron chi connectivity index (χ2n) is 7.19. The number of carbonyl (C=O) groups is 1. The molecule has 0 aliphatic carbocycles. The van der Waals surface area contributed by atoms with Gasteiger partial charge in [0.05, 0.1) is 18.3 Å². The van der Waals surface area contributed by atoms with E-state index >= 15 is 0 Å². The third kappa shape index (κ3) is 4.12. The summed E-state index contributed by atoms with van der Waals surface area (Å²) in [5.74, 6) is 2.92. The molecular weight excluding hydrogens is 360 g/mol. The molecule has 0 bridgehead atoms. The number of thioether (sulfide) groups is 1. The molecule has 3 heterocycles. The van der Waals surface area contributed by atoms with Crippen LogP contribution in [0.3, 0.4) is 0 Å². The van der Waals surface area contributed by atoms with E-state index in [1.807, 2.05) is 42.1 Å². The molecule has 2 unspecified atom stereocenters. The molecule has 1 spiro atoms. The van der Waals surface area contributed by atoms with Gasteiger partial charge in [0.1, 0.15) is 5.75 Å². The number of hydrogen-bond acceptors (Lipinski definition) is 5. The van der Waals surface area contributed by atoms with E-state index in [0.29, 0.717) is 5.56 Å². The van der Waals surface area contributed by atoms with Crippen LogP contribution in [0.4, 0.5) is 0 Å². The molecule has 142 valence electrons. The van der Waals surface area contributed by atoms with Crippen molar-refractivity contribution in [3.05, 3.63) is 48.3 Å². The fourth-order valence-corrected chi connectivity index (χ4v) is 5.17. The smallest absolute Gasteiger partial charge is 0.253 e. The van der Waals surface area contributed by atoms with Crippen molar-refractivity contribution in [3.8, 4) is 16.9 Å². The minimum atomic E-state index is -0.0643. The molecular formula is C21H24N2O3S. The maximum absolute atomic E-state index is 12.8. The molecule has 6 heteroatoms. The average molecular weight is 385 g/mol. The molecule has 2 fully saturated rings. The van der Waals surface area contributed by atoms with Crippen molar-refractivity contribution in [3.63, 3.8) is 0 Å². The lowest BCUT2D eigenvalue weighted by molar-refractivity contribution is -0.0688. The lowest BCUT2D eigenvalue weighted by atomic mass is 9.89. The molecule has 1 aromatic heterocycles. The summed E-state index contributed by atoms with van der Waals surface area (Å²) in [4.78, 5) is 17.1. The number of carbonyl (C=O) groups excluding carboxylic acids is 1. The van der Waals surface area contributed by atoms with Crippen LogP contribution < -0.4 is 10.1 Å². The third-order valence-electron chi connectivity index (χ3n) is 5.32. The summed E-state index contributed by atoms with van der Waals surface area (Å²) in [6, 6.07) is 9.81. The number of nitrogens with one attached hydrogen (secondary N) is 1. The van der Waals surface area contributed by atoms with E-state index in [0.717, 1.165) is 54.3 Å². The SMILES string of the molecule is COc1ccc(-c2cncc(C(=O)NC3CCOC4(CCSC4)C3)c2)cc1. The normalized spacial score (nSPS) is 24.7. The number of amides is 1. The first kappa shape index (κ1) is 18.3. The minimum absolute atomic E-state index is 0.0376. The Morgan fingerprint density at radius 3 is 2.89 bits per heavy atom. The van der Waals surface area contributed by atoms with E-state index in [2.05, 4.69) is 10.3 Å². The first-order chi connectivity index (χ1) is 13.2. The van der Waals surface area contributed by atoms with E-state index in [4.69, 9.17) is 9.47 Å². The number of benzene rings is 1. The van der Waals surface area contributed by atoms with E-state index < -0.39 is 0 Å². The number of aromatic nitrogens is 1. The molecule has 1 N–H and O–H groups in total. The Bertz CT molecular complexity index is 803. The second-order valence-corrected chi connectivity index (χ2v) is 8.29. The molecule has 5 nitrogen and oxygen atoms in total. The standard InChI is InChI=1S/C21H24N2O3S/c1-25-19-4-2-15(3-5-19)16-10-17(13-22-12-16)20(24)23-18-6-8-26-21(11-18)7-9-27-14-21/h2-5,10,12-13,18H,6-9,11,14H2,1H3,(H,23,24). The fraction of sp³-hybridized carbons (Fsp3) is 0.429. The van der Waals surface area contributed by atoms with Gasteiger partial charge in [0.25, 0.3) is 5.91 Å². The summed E-state index contributed by atoms with van der Waals surface area (Å²) in [7, 11) is 1.65. The largest absolute Gasteiger partial charge is 0.497 e. The number of nitrogens with zero attached hydrogens (tertiary/aromatic N) is 1. The molecule has 2 aliphatic rings. The van der Waals surface area contributed by atoms with Crippen LogP contribution in [0.2, 0.25) is 0 Å². The van der Waals surface area contributed by atoms with Crippen molar-refractivity contribution in [1.82, 2.24) is 10.3 Å². The molecule has 2 aromatic rings. The maximum atomic E-state index is 12.8. The highest BCUT2D eigenvalue weighted by Gasteiger charge is 2.40. The van der Waals surface area contributed by atoms with Gasteiger partial charge in [-0.15, -0.1) is 0 Å².